The number of hydrogen-bond acceptors (Lipinski definition) is 2. The highest BCUT2D eigenvalue weighted by atomic mass is 15.2. The van der Waals surface area contributed by atoms with Crippen molar-refractivity contribution >= 4 is 0 Å². The molecule has 1 unspecified atom stereocenters. The first-order valence-corrected chi connectivity index (χ1v) is 4.29. The normalized spacial score (nSPS) is 22.2. The van der Waals surface area contributed by atoms with E-state index in [-0.39, 0.29) is 0 Å². The third kappa shape index (κ3) is 1.96. The second-order valence-electron chi connectivity index (χ2n) is 3.05. The molecule has 10 heavy (non-hydrogen) atoms. The highest BCUT2D eigenvalue weighted by Crippen LogP contribution is 2.09. The third-order valence-electron chi connectivity index (χ3n) is 2.20. The molecular weight excluding hydrogens is 124 g/mol. The van der Waals surface area contributed by atoms with E-state index in [1.165, 1.54) is 19.5 Å². The van der Waals surface area contributed by atoms with Gasteiger partial charge in [-0.05, 0) is 33.0 Å². The first-order valence-electron chi connectivity index (χ1n) is 4.29. The summed E-state index contributed by atoms with van der Waals surface area (Å²) < 4.78 is 0. The van der Waals surface area contributed by atoms with Gasteiger partial charge in [0.05, 0.1) is 0 Å². The van der Waals surface area contributed by atoms with Gasteiger partial charge in [0.25, 0.3) is 0 Å². The van der Waals surface area contributed by atoms with Crippen molar-refractivity contribution in [2.24, 2.45) is 0 Å². The van der Waals surface area contributed by atoms with E-state index >= 15 is 0 Å². The molecule has 1 aliphatic rings. The fourth-order valence-corrected chi connectivity index (χ4v) is 1.26. The van der Waals surface area contributed by atoms with E-state index in [1.54, 1.807) is 0 Å². The van der Waals surface area contributed by atoms with Crippen LogP contribution < -0.4 is 5.32 Å². The maximum Gasteiger partial charge on any atom is 0.0192 e. The molecule has 1 rings (SSSR count). The van der Waals surface area contributed by atoms with Gasteiger partial charge in [0.15, 0.2) is 0 Å². The van der Waals surface area contributed by atoms with E-state index in [0.717, 1.165) is 19.1 Å². The lowest BCUT2D eigenvalue weighted by molar-refractivity contribution is 0.127. The van der Waals surface area contributed by atoms with Gasteiger partial charge in [0, 0.05) is 12.6 Å². The maximum absolute atomic E-state index is 3.36. The van der Waals surface area contributed by atoms with Gasteiger partial charge in [0.1, 0.15) is 0 Å². The van der Waals surface area contributed by atoms with Crippen molar-refractivity contribution in [3.63, 3.8) is 0 Å². The summed E-state index contributed by atoms with van der Waals surface area (Å²) in [6, 6.07) is 0.744. The van der Waals surface area contributed by atoms with Gasteiger partial charge in [-0.15, -0.1) is 0 Å². The zero-order chi connectivity index (χ0) is 7.40. The SMILES string of the molecule is CCNCC(C)N1CCC1. The molecule has 1 N–H and O–H groups in total. The smallest absolute Gasteiger partial charge is 0.0192 e. The van der Waals surface area contributed by atoms with Gasteiger partial charge in [-0.1, -0.05) is 6.92 Å². The van der Waals surface area contributed by atoms with Gasteiger partial charge in [-0.3, -0.25) is 4.90 Å². The van der Waals surface area contributed by atoms with Crippen molar-refractivity contribution in [3.8, 4) is 0 Å². The standard InChI is InChI=1S/C8H18N2/c1-3-9-7-8(2)10-5-4-6-10/h8-9H,3-7H2,1-2H3. The van der Waals surface area contributed by atoms with Crippen LogP contribution in [0.5, 0.6) is 0 Å². The van der Waals surface area contributed by atoms with Crippen LogP contribution in [0.4, 0.5) is 0 Å². The van der Waals surface area contributed by atoms with E-state index in [4.69, 9.17) is 0 Å². The van der Waals surface area contributed by atoms with Crippen LogP contribution in [0.25, 0.3) is 0 Å². The molecule has 60 valence electrons. The quantitative estimate of drug-likeness (QED) is 0.621. The summed E-state index contributed by atoms with van der Waals surface area (Å²) in [6.45, 7) is 9.32. The monoisotopic (exact) mass is 142 g/mol. The number of likely N-dealkylation sites (tertiary alicyclic amines) is 1. The van der Waals surface area contributed by atoms with Crippen LogP contribution in [-0.2, 0) is 0 Å². The molecule has 0 saturated carbocycles. The lowest BCUT2D eigenvalue weighted by atomic mass is 10.1. The zero-order valence-corrected chi connectivity index (χ0v) is 7.06. The minimum atomic E-state index is 0.744. The Bertz CT molecular complexity index is 89.3. The molecule has 0 aromatic rings. The zero-order valence-electron chi connectivity index (χ0n) is 7.06. The van der Waals surface area contributed by atoms with Crippen molar-refractivity contribution in [1.82, 2.24) is 10.2 Å². The number of nitrogens with zero attached hydrogens (tertiary/aromatic N) is 1. The van der Waals surface area contributed by atoms with Crippen LogP contribution in [0.2, 0.25) is 0 Å². The molecule has 0 amide bonds. The number of hydrogen-bond donors (Lipinski definition) is 1. The van der Waals surface area contributed by atoms with Gasteiger partial charge in [-0.25, -0.2) is 0 Å². The summed E-state index contributed by atoms with van der Waals surface area (Å²) in [7, 11) is 0. The van der Waals surface area contributed by atoms with E-state index in [1.807, 2.05) is 0 Å². The molecule has 0 aliphatic carbocycles. The first-order chi connectivity index (χ1) is 4.84. The van der Waals surface area contributed by atoms with Crippen LogP contribution in [-0.4, -0.2) is 37.1 Å². The summed E-state index contributed by atoms with van der Waals surface area (Å²) in [6.07, 6.45) is 1.40. The molecule has 0 spiro atoms. The van der Waals surface area contributed by atoms with Crippen molar-refractivity contribution in [3.05, 3.63) is 0 Å². The number of likely N-dealkylation sites (N-methyl/N-ethyl adjacent to an activating group) is 1. The summed E-state index contributed by atoms with van der Waals surface area (Å²) in [5, 5.41) is 3.36. The Morgan fingerprint density at radius 3 is 2.60 bits per heavy atom. The molecule has 0 aromatic heterocycles. The van der Waals surface area contributed by atoms with Crippen LogP contribution >= 0.6 is 0 Å². The summed E-state index contributed by atoms with van der Waals surface area (Å²) in [5.74, 6) is 0. The van der Waals surface area contributed by atoms with Gasteiger partial charge in [-0.2, -0.15) is 0 Å². The Labute approximate surface area is 63.6 Å². The Morgan fingerprint density at radius 2 is 2.20 bits per heavy atom. The third-order valence-corrected chi connectivity index (χ3v) is 2.20. The summed E-state index contributed by atoms with van der Waals surface area (Å²) in [4.78, 5) is 2.52. The van der Waals surface area contributed by atoms with Gasteiger partial charge in [0.2, 0.25) is 0 Å². The average molecular weight is 142 g/mol. The Balaban J connectivity index is 2.02. The van der Waals surface area contributed by atoms with Gasteiger partial charge >= 0.3 is 0 Å². The Morgan fingerprint density at radius 1 is 1.50 bits per heavy atom. The molecule has 1 heterocycles. The first kappa shape index (κ1) is 8.02. The highest BCUT2D eigenvalue weighted by Gasteiger charge is 2.18. The molecule has 2 heteroatoms. The summed E-state index contributed by atoms with van der Waals surface area (Å²) >= 11 is 0. The van der Waals surface area contributed by atoms with E-state index in [2.05, 4.69) is 24.1 Å². The van der Waals surface area contributed by atoms with E-state index in [0.29, 0.717) is 0 Å². The van der Waals surface area contributed by atoms with Crippen LogP contribution in [0.15, 0.2) is 0 Å². The van der Waals surface area contributed by atoms with Crippen LogP contribution in [0, 0.1) is 0 Å². The fourth-order valence-electron chi connectivity index (χ4n) is 1.26. The number of rotatable bonds is 4. The van der Waals surface area contributed by atoms with Crippen molar-refractivity contribution in [2.75, 3.05) is 26.2 Å². The van der Waals surface area contributed by atoms with Crippen LogP contribution in [0.3, 0.4) is 0 Å². The van der Waals surface area contributed by atoms with Gasteiger partial charge < -0.3 is 5.32 Å². The minimum Gasteiger partial charge on any atom is -0.315 e. The molecule has 0 aromatic carbocycles. The van der Waals surface area contributed by atoms with Crippen molar-refractivity contribution < 1.29 is 0 Å². The predicted molar refractivity (Wildman–Crippen MR) is 44.2 cm³/mol. The fraction of sp³-hybridized carbons (Fsp3) is 1.00. The predicted octanol–water partition coefficient (Wildman–Crippen LogP) is 0.690. The number of nitrogens with one attached hydrogen (secondary N) is 1. The molecule has 0 bridgehead atoms. The maximum atomic E-state index is 3.36. The Hall–Kier alpha value is -0.0800. The molecule has 1 saturated heterocycles. The Kier molecular flexibility index (Phi) is 3.16. The molecule has 0 radical (unpaired) electrons. The molecular formula is C8H18N2. The molecule has 1 aliphatic heterocycles. The second kappa shape index (κ2) is 3.94. The van der Waals surface area contributed by atoms with E-state index < -0.39 is 0 Å². The van der Waals surface area contributed by atoms with Crippen LogP contribution in [0.1, 0.15) is 20.3 Å². The minimum absolute atomic E-state index is 0.744. The highest BCUT2D eigenvalue weighted by molar-refractivity contribution is 4.76. The topological polar surface area (TPSA) is 15.3 Å². The molecule has 1 fully saturated rings. The lowest BCUT2D eigenvalue weighted by Gasteiger charge is -2.36. The van der Waals surface area contributed by atoms with Crippen molar-refractivity contribution in [1.29, 1.82) is 0 Å². The van der Waals surface area contributed by atoms with E-state index in [9.17, 15) is 0 Å². The molecule has 1 atom stereocenters. The van der Waals surface area contributed by atoms with Crippen molar-refractivity contribution in [2.45, 2.75) is 26.3 Å². The second-order valence-corrected chi connectivity index (χ2v) is 3.05. The summed E-state index contributed by atoms with van der Waals surface area (Å²) in [5.41, 5.74) is 0. The lowest BCUT2D eigenvalue weighted by Crippen LogP contribution is -2.47. The average Bonchev–Trinajstić information content (AvgIpc) is 1.79. The molecule has 2 nitrogen and oxygen atoms in total. The largest absolute Gasteiger partial charge is 0.315 e.